The summed E-state index contributed by atoms with van der Waals surface area (Å²) in [5.74, 6) is -1.10. The molecule has 0 bridgehead atoms. The van der Waals surface area contributed by atoms with E-state index in [2.05, 4.69) is 15.9 Å². The lowest BCUT2D eigenvalue weighted by atomic mass is 10.1. The number of halogens is 2. The smallest absolute Gasteiger partial charge is 0.262 e. The third kappa shape index (κ3) is 4.03. The van der Waals surface area contributed by atoms with E-state index < -0.39 is 11.2 Å². The van der Waals surface area contributed by atoms with E-state index in [1.165, 1.54) is 4.90 Å². The first-order chi connectivity index (χ1) is 12.9. The van der Waals surface area contributed by atoms with Crippen molar-refractivity contribution in [1.29, 1.82) is 5.26 Å². The first-order valence-corrected chi connectivity index (χ1v) is 9.91. The molecule has 2 aromatic rings. The highest BCUT2D eigenvalue weighted by Gasteiger charge is 2.40. The van der Waals surface area contributed by atoms with Crippen LogP contribution in [0.25, 0.3) is 0 Å². The van der Waals surface area contributed by atoms with Crippen molar-refractivity contribution in [2.75, 3.05) is 4.90 Å². The summed E-state index contributed by atoms with van der Waals surface area (Å²) in [6.07, 6.45) is 0.372. The molecule has 2 N–H and O–H groups in total. The summed E-state index contributed by atoms with van der Waals surface area (Å²) in [5, 5.41) is 9.67. The minimum Gasteiger partial charge on any atom is -0.365 e. The van der Waals surface area contributed by atoms with E-state index in [4.69, 9.17) is 17.3 Å². The quantitative estimate of drug-likeness (QED) is 0.549. The van der Waals surface area contributed by atoms with E-state index in [0.29, 0.717) is 17.1 Å². The summed E-state index contributed by atoms with van der Waals surface area (Å²) in [5.41, 5.74) is 6.50. The minimum absolute atomic E-state index is 0.230. The molecule has 1 saturated heterocycles. The average molecular weight is 463 g/mol. The molecule has 3 rings (SSSR count). The molecule has 1 fully saturated rings. The lowest BCUT2D eigenvalue weighted by Gasteiger charge is -2.18. The van der Waals surface area contributed by atoms with E-state index in [1.54, 1.807) is 30.3 Å². The predicted octanol–water partition coefficient (Wildman–Crippen LogP) is 4.01. The van der Waals surface area contributed by atoms with Gasteiger partial charge in [0.15, 0.2) is 0 Å². The third-order valence-corrected chi connectivity index (χ3v) is 6.13. The molecule has 0 aromatic heterocycles. The molecule has 2 aromatic carbocycles. The van der Waals surface area contributed by atoms with Gasteiger partial charge in [-0.3, -0.25) is 14.5 Å². The summed E-state index contributed by atoms with van der Waals surface area (Å²) < 4.78 is 0.846. The lowest BCUT2D eigenvalue weighted by molar-refractivity contribution is -0.117. The Bertz CT molecular complexity index is 985. The maximum Gasteiger partial charge on any atom is 0.262 e. The van der Waals surface area contributed by atoms with Gasteiger partial charge in [0.05, 0.1) is 5.25 Å². The van der Waals surface area contributed by atoms with E-state index in [9.17, 15) is 14.9 Å². The zero-order chi connectivity index (χ0) is 19.6. The molecule has 136 valence electrons. The summed E-state index contributed by atoms with van der Waals surface area (Å²) in [6, 6.07) is 16.1. The molecule has 1 aliphatic rings. The van der Waals surface area contributed by atoms with E-state index >= 15 is 0 Å². The van der Waals surface area contributed by atoms with Gasteiger partial charge in [0, 0.05) is 15.2 Å². The highest BCUT2D eigenvalue weighted by molar-refractivity contribution is 9.10. The van der Waals surface area contributed by atoms with Gasteiger partial charge >= 0.3 is 0 Å². The van der Waals surface area contributed by atoms with Crippen LogP contribution in [0.1, 0.15) is 5.56 Å². The van der Waals surface area contributed by atoms with Crippen LogP contribution in [0.3, 0.4) is 0 Å². The van der Waals surface area contributed by atoms with Gasteiger partial charge in [-0.15, -0.1) is 0 Å². The van der Waals surface area contributed by atoms with Crippen LogP contribution in [0.5, 0.6) is 0 Å². The van der Waals surface area contributed by atoms with Crippen molar-refractivity contribution in [3.63, 3.8) is 0 Å². The van der Waals surface area contributed by atoms with Gasteiger partial charge < -0.3 is 5.73 Å². The van der Waals surface area contributed by atoms with Crippen molar-refractivity contribution in [2.45, 2.75) is 11.7 Å². The van der Waals surface area contributed by atoms with E-state index in [1.807, 2.05) is 24.3 Å². The number of rotatable bonds is 4. The van der Waals surface area contributed by atoms with Crippen LogP contribution in [0.2, 0.25) is 5.02 Å². The Labute approximate surface area is 173 Å². The molecule has 1 heterocycles. The molecule has 0 unspecified atom stereocenters. The maximum atomic E-state index is 13.1. The monoisotopic (exact) mass is 461 g/mol. The van der Waals surface area contributed by atoms with Gasteiger partial charge in [-0.25, -0.2) is 0 Å². The Morgan fingerprint density at radius 2 is 1.93 bits per heavy atom. The van der Waals surface area contributed by atoms with Crippen molar-refractivity contribution < 1.29 is 9.59 Å². The molecular weight excluding hydrogens is 450 g/mol. The number of primary amides is 1. The fraction of sp³-hybridized carbons (Fsp3) is 0.105. The Hall–Kier alpha value is -2.27. The molecule has 0 saturated carbocycles. The number of hydrogen-bond donors (Lipinski definition) is 1. The number of amides is 2. The molecule has 0 radical (unpaired) electrons. The minimum atomic E-state index is -0.867. The Kier molecular flexibility index (Phi) is 5.90. The largest absolute Gasteiger partial charge is 0.365 e. The standard InChI is InChI=1S/C19H13BrClN3O2S/c20-12-5-7-13(8-6-12)24-18(26)16(9-11-3-1-2-4-15(11)21)27-19(24)14(10-22)17(23)25/h1-8,16H,9H2,(H2,23,25)/b19-14-/t16-/m0/s1. The molecule has 27 heavy (non-hydrogen) atoms. The number of carbonyl (C=O) groups excluding carboxylic acids is 2. The number of benzene rings is 2. The topological polar surface area (TPSA) is 87.2 Å². The molecule has 2 amide bonds. The third-order valence-electron chi connectivity index (χ3n) is 3.97. The number of hydrogen-bond acceptors (Lipinski definition) is 4. The van der Waals surface area contributed by atoms with E-state index in [-0.39, 0.29) is 16.5 Å². The van der Waals surface area contributed by atoms with Crippen LogP contribution in [0.4, 0.5) is 5.69 Å². The highest BCUT2D eigenvalue weighted by Crippen LogP contribution is 2.42. The fourth-order valence-corrected chi connectivity index (χ4v) is 4.47. The van der Waals surface area contributed by atoms with Crippen molar-refractivity contribution in [3.05, 3.63) is 74.2 Å². The number of nitrogens with two attached hydrogens (primary N) is 1. The molecule has 8 heteroatoms. The van der Waals surface area contributed by atoms with Crippen molar-refractivity contribution >= 4 is 56.8 Å². The zero-order valence-electron chi connectivity index (χ0n) is 13.9. The van der Waals surface area contributed by atoms with Gasteiger partial charge in [0.2, 0.25) is 5.91 Å². The van der Waals surface area contributed by atoms with Gasteiger partial charge in [-0.1, -0.05) is 57.5 Å². The van der Waals surface area contributed by atoms with Crippen molar-refractivity contribution in [1.82, 2.24) is 0 Å². The second-order valence-corrected chi connectivity index (χ2v) is 8.22. The van der Waals surface area contributed by atoms with Gasteiger partial charge in [0.1, 0.15) is 16.7 Å². The second kappa shape index (κ2) is 8.17. The van der Waals surface area contributed by atoms with Crippen LogP contribution in [-0.2, 0) is 16.0 Å². The Balaban J connectivity index is 2.05. The summed E-state index contributed by atoms with van der Waals surface area (Å²) in [6.45, 7) is 0. The van der Waals surface area contributed by atoms with E-state index in [0.717, 1.165) is 21.8 Å². The number of anilines is 1. The number of thioether (sulfide) groups is 1. The van der Waals surface area contributed by atoms with Crippen molar-refractivity contribution in [2.24, 2.45) is 5.73 Å². The van der Waals surface area contributed by atoms with Crippen LogP contribution in [0, 0.1) is 11.3 Å². The van der Waals surface area contributed by atoms with Crippen LogP contribution in [-0.4, -0.2) is 17.1 Å². The van der Waals surface area contributed by atoms with Crippen LogP contribution < -0.4 is 10.6 Å². The van der Waals surface area contributed by atoms with Gasteiger partial charge in [-0.05, 0) is 42.3 Å². The predicted molar refractivity (Wildman–Crippen MR) is 110 cm³/mol. The second-order valence-electron chi connectivity index (χ2n) is 5.71. The molecule has 0 aliphatic carbocycles. The molecule has 1 aliphatic heterocycles. The lowest BCUT2D eigenvalue weighted by Crippen LogP contribution is -2.31. The SMILES string of the molecule is N#C/C(C(N)=O)=C1/S[C@@H](Cc2ccccc2Cl)C(=O)N1c1ccc(Br)cc1. The first-order valence-electron chi connectivity index (χ1n) is 7.86. The average Bonchev–Trinajstić information content (AvgIpc) is 2.94. The number of nitrogens with zero attached hydrogens (tertiary/aromatic N) is 2. The normalized spacial score (nSPS) is 18.3. The van der Waals surface area contributed by atoms with Crippen molar-refractivity contribution in [3.8, 4) is 6.07 Å². The molecular formula is C19H13BrClN3O2S. The fourth-order valence-electron chi connectivity index (χ4n) is 2.69. The zero-order valence-corrected chi connectivity index (χ0v) is 17.0. The van der Waals surface area contributed by atoms with Crippen LogP contribution >= 0.6 is 39.3 Å². The Morgan fingerprint density at radius 1 is 1.26 bits per heavy atom. The molecule has 5 nitrogen and oxygen atoms in total. The number of nitriles is 1. The Morgan fingerprint density at radius 3 is 2.52 bits per heavy atom. The highest BCUT2D eigenvalue weighted by atomic mass is 79.9. The molecule has 1 atom stereocenters. The summed E-state index contributed by atoms with van der Waals surface area (Å²) in [4.78, 5) is 26.2. The number of carbonyl (C=O) groups is 2. The van der Waals surface area contributed by atoms with Gasteiger partial charge in [0.25, 0.3) is 5.91 Å². The summed E-state index contributed by atoms with van der Waals surface area (Å²) >= 11 is 10.7. The summed E-state index contributed by atoms with van der Waals surface area (Å²) in [7, 11) is 0. The molecule has 0 spiro atoms. The first kappa shape index (κ1) is 19.5. The maximum absolute atomic E-state index is 13.1. The van der Waals surface area contributed by atoms with Gasteiger partial charge in [-0.2, -0.15) is 5.26 Å². The van der Waals surface area contributed by atoms with Crippen LogP contribution in [0.15, 0.2) is 63.6 Å².